The first-order valence-electron chi connectivity index (χ1n) is 11.5. The van der Waals surface area contributed by atoms with Crippen molar-refractivity contribution in [1.82, 2.24) is 24.8 Å². The van der Waals surface area contributed by atoms with Crippen LogP contribution in [-0.2, 0) is 4.74 Å². The number of nitrogens with two attached hydrogens (primary N) is 1. The average Bonchev–Trinajstić information content (AvgIpc) is 3.13. The highest BCUT2D eigenvalue weighted by molar-refractivity contribution is 5.75. The van der Waals surface area contributed by atoms with Gasteiger partial charge in [-0.15, -0.1) is 0 Å². The maximum Gasteiger partial charge on any atom is 0.318 e. The molecule has 3 aliphatic rings. The fraction of sp³-hybridized carbons (Fsp3) is 0.682. The largest absolute Gasteiger partial charge is 0.382 e. The van der Waals surface area contributed by atoms with Crippen LogP contribution in [0.2, 0.25) is 0 Å². The van der Waals surface area contributed by atoms with Gasteiger partial charge < -0.3 is 20.7 Å². The number of urea groups is 1. The predicted octanol–water partition coefficient (Wildman–Crippen LogP) is 3.15. The number of carbonyl (C=O) groups excluding carboxylic acids is 1. The summed E-state index contributed by atoms with van der Waals surface area (Å²) in [5.74, 6) is -7.25. The molecule has 2 saturated carbocycles. The van der Waals surface area contributed by atoms with Crippen LogP contribution < -0.4 is 11.1 Å². The molecular weight excluding hydrogens is 456 g/mol. The van der Waals surface area contributed by atoms with E-state index in [4.69, 9.17) is 10.5 Å². The first-order valence-corrected chi connectivity index (χ1v) is 11.5. The second kappa shape index (κ2) is 8.33. The number of rotatable bonds is 6. The van der Waals surface area contributed by atoms with E-state index in [0.717, 1.165) is 0 Å². The molecule has 34 heavy (non-hydrogen) atoms. The number of imidazole rings is 1. The Morgan fingerprint density at radius 2 is 2.00 bits per heavy atom. The van der Waals surface area contributed by atoms with Gasteiger partial charge in [0.05, 0.1) is 48.6 Å². The van der Waals surface area contributed by atoms with Crippen LogP contribution in [0.5, 0.6) is 0 Å². The Morgan fingerprint density at radius 3 is 2.71 bits per heavy atom. The van der Waals surface area contributed by atoms with Crippen LogP contribution in [0.1, 0.15) is 49.0 Å². The molecule has 0 radical (unpaired) electrons. The fourth-order valence-corrected chi connectivity index (χ4v) is 5.29. The molecule has 0 aromatic carbocycles. The van der Waals surface area contributed by atoms with E-state index in [1.807, 2.05) is 0 Å². The lowest BCUT2D eigenvalue weighted by atomic mass is 9.81. The lowest BCUT2D eigenvalue weighted by Gasteiger charge is -2.31. The Labute approximate surface area is 193 Å². The third-order valence-corrected chi connectivity index (χ3v) is 7.55. The third kappa shape index (κ3) is 4.10. The van der Waals surface area contributed by atoms with Crippen molar-refractivity contribution in [3.05, 3.63) is 29.7 Å². The predicted molar refractivity (Wildman–Crippen MR) is 113 cm³/mol. The van der Waals surface area contributed by atoms with Crippen molar-refractivity contribution >= 4 is 11.7 Å². The molecular formula is C22H28F4N6O2. The molecule has 12 heteroatoms. The number of amides is 2. The molecule has 3 N–H and O–H groups in total. The molecule has 0 spiro atoms. The van der Waals surface area contributed by atoms with Crippen LogP contribution in [0.4, 0.5) is 22.4 Å². The zero-order chi connectivity index (χ0) is 24.3. The maximum atomic E-state index is 14.0. The summed E-state index contributed by atoms with van der Waals surface area (Å²) >= 11 is 0. The van der Waals surface area contributed by atoms with E-state index in [-0.39, 0.29) is 38.5 Å². The van der Waals surface area contributed by atoms with Gasteiger partial charge in [-0.05, 0) is 24.8 Å². The summed E-state index contributed by atoms with van der Waals surface area (Å²) < 4.78 is 61.9. The van der Waals surface area contributed by atoms with Gasteiger partial charge in [-0.2, -0.15) is 5.10 Å². The zero-order valence-corrected chi connectivity index (χ0v) is 18.8. The number of carbonyl (C=O) groups is 1. The summed E-state index contributed by atoms with van der Waals surface area (Å²) in [5, 5.41) is 6.96. The van der Waals surface area contributed by atoms with Crippen molar-refractivity contribution in [2.24, 2.45) is 23.5 Å². The Hall–Kier alpha value is -2.47. The first kappa shape index (κ1) is 23.3. The maximum absolute atomic E-state index is 14.0. The Kier molecular flexibility index (Phi) is 5.70. The van der Waals surface area contributed by atoms with Crippen molar-refractivity contribution in [2.75, 3.05) is 26.8 Å². The SMILES string of the molecule is COC[C@H](c1cnn2cc([C@@H](N)C3CCC(F)(F)CC3)nc2c1)N1CC2[C@@H](CNC1=O)C2(F)F. The highest BCUT2D eigenvalue weighted by Crippen LogP contribution is 2.56. The zero-order valence-electron chi connectivity index (χ0n) is 18.8. The minimum Gasteiger partial charge on any atom is -0.382 e. The fourth-order valence-electron chi connectivity index (χ4n) is 5.29. The van der Waals surface area contributed by atoms with E-state index in [0.29, 0.717) is 29.7 Å². The van der Waals surface area contributed by atoms with Gasteiger partial charge in [-0.1, -0.05) is 0 Å². The van der Waals surface area contributed by atoms with Gasteiger partial charge >= 0.3 is 6.03 Å². The van der Waals surface area contributed by atoms with Crippen molar-refractivity contribution < 1.29 is 27.1 Å². The second-order valence-corrected chi connectivity index (χ2v) is 9.67. The smallest absolute Gasteiger partial charge is 0.318 e. The van der Waals surface area contributed by atoms with Crippen LogP contribution in [0.25, 0.3) is 5.65 Å². The minimum absolute atomic E-state index is 0.0570. The number of aromatic nitrogens is 3. The van der Waals surface area contributed by atoms with E-state index in [1.165, 1.54) is 16.5 Å². The highest BCUT2D eigenvalue weighted by atomic mass is 19.3. The van der Waals surface area contributed by atoms with Crippen molar-refractivity contribution in [2.45, 2.75) is 49.6 Å². The number of nitrogens with one attached hydrogen (secondary N) is 1. The van der Waals surface area contributed by atoms with Crippen molar-refractivity contribution in [3.63, 3.8) is 0 Å². The average molecular weight is 484 g/mol. The van der Waals surface area contributed by atoms with E-state index in [1.54, 1.807) is 18.5 Å². The van der Waals surface area contributed by atoms with Crippen LogP contribution >= 0.6 is 0 Å². The van der Waals surface area contributed by atoms with Crippen LogP contribution in [0, 0.1) is 17.8 Å². The highest BCUT2D eigenvalue weighted by Gasteiger charge is 2.69. The minimum atomic E-state index is -2.79. The number of hydrogen-bond acceptors (Lipinski definition) is 5. The van der Waals surface area contributed by atoms with E-state index in [9.17, 15) is 22.4 Å². The van der Waals surface area contributed by atoms with Crippen LogP contribution in [-0.4, -0.2) is 64.2 Å². The van der Waals surface area contributed by atoms with Crippen molar-refractivity contribution in [3.8, 4) is 0 Å². The molecule has 3 fully saturated rings. The number of alkyl halides is 4. The molecule has 1 saturated heterocycles. The topological polar surface area (TPSA) is 97.8 Å². The number of hydrogen-bond donors (Lipinski definition) is 2. The molecule has 1 unspecified atom stereocenters. The molecule has 4 atom stereocenters. The van der Waals surface area contributed by atoms with Gasteiger partial charge in [0.1, 0.15) is 0 Å². The van der Waals surface area contributed by atoms with Gasteiger partial charge in [-0.3, -0.25) is 0 Å². The number of halogens is 4. The van der Waals surface area contributed by atoms with Crippen molar-refractivity contribution in [1.29, 1.82) is 0 Å². The van der Waals surface area contributed by atoms with E-state index < -0.39 is 41.8 Å². The molecule has 2 aromatic heterocycles. The van der Waals surface area contributed by atoms with Gasteiger partial charge in [0, 0.05) is 38.6 Å². The first-order chi connectivity index (χ1) is 16.1. The normalized spacial score (nSPS) is 28.2. The number of nitrogens with zero attached hydrogens (tertiary/aromatic N) is 4. The molecule has 0 bridgehead atoms. The van der Waals surface area contributed by atoms with Gasteiger partial charge in [0.25, 0.3) is 5.92 Å². The van der Waals surface area contributed by atoms with Gasteiger partial charge in [0.15, 0.2) is 5.65 Å². The summed E-state index contributed by atoms with van der Waals surface area (Å²) in [6, 6.07) is 0.168. The monoisotopic (exact) mass is 484 g/mol. The summed E-state index contributed by atoms with van der Waals surface area (Å²) in [7, 11) is 1.48. The molecule has 3 heterocycles. The number of methoxy groups -OCH3 is 1. The van der Waals surface area contributed by atoms with Gasteiger partial charge in [0.2, 0.25) is 5.92 Å². The van der Waals surface area contributed by atoms with Crippen LogP contribution in [0.3, 0.4) is 0 Å². The molecule has 2 aliphatic carbocycles. The van der Waals surface area contributed by atoms with E-state index in [2.05, 4.69) is 15.4 Å². The summed E-state index contributed by atoms with van der Waals surface area (Å²) in [6.07, 6.45) is 3.52. The summed E-state index contributed by atoms with van der Waals surface area (Å²) in [4.78, 5) is 18.6. The number of ether oxygens (including phenoxy) is 1. The Bertz CT molecular complexity index is 1070. The molecule has 2 amide bonds. The van der Waals surface area contributed by atoms with E-state index >= 15 is 0 Å². The Morgan fingerprint density at radius 1 is 1.26 bits per heavy atom. The quantitative estimate of drug-likeness (QED) is 0.614. The molecule has 8 nitrogen and oxygen atoms in total. The molecule has 2 aromatic rings. The lowest BCUT2D eigenvalue weighted by Crippen LogP contribution is -2.44. The lowest BCUT2D eigenvalue weighted by molar-refractivity contribution is -0.0484. The molecule has 1 aliphatic heterocycles. The number of fused-ring (bicyclic) bond motifs is 2. The second-order valence-electron chi connectivity index (χ2n) is 9.67. The molecule has 5 rings (SSSR count). The molecule has 186 valence electrons. The Balaban J connectivity index is 1.38. The summed E-state index contributed by atoms with van der Waals surface area (Å²) in [6.45, 7) is -0.0459. The third-order valence-electron chi connectivity index (χ3n) is 7.55. The van der Waals surface area contributed by atoms with Gasteiger partial charge in [-0.25, -0.2) is 31.9 Å². The summed E-state index contributed by atoms with van der Waals surface area (Å²) in [5.41, 5.74) is 7.98. The standard InChI is InChI=1S/C22H28F4N6O2/c1-34-11-17(31-9-15-14(22(15,25)26)8-28-20(31)33)13-6-18-30-16(10-32(18)29-7-13)19(27)12-2-4-21(23,24)5-3-12/h6-7,10,12,14-15,17,19H,2-5,8-9,11,27H2,1H3,(H,28,33)/t14-,15?,17-,19+/m1/s1. The van der Waals surface area contributed by atoms with Crippen LogP contribution in [0.15, 0.2) is 18.5 Å².